The topological polar surface area (TPSA) is 117 Å². The van der Waals surface area contributed by atoms with Crippen LogP contribution in [0.4, 0.5) is 5.95 Å². The van der Waals surface area contributed by atoms with Gasteiger partial charge in [0, 0.05) is 44.6 Å². The zero-order valence-corrected chi connectivity index (χ0v) is 14.9. The molecule has 1 aliphatic heterocycles. The van der Waals surface area contributed by atoms with Crippen LogP contribution in [0.3, 0.4) is 0 Å². The lowest BCUT2D eigenvalue weighted by atomic mass is 10.3. The predicted octanol–water partition coefficient (Wildman–Crippen LogP) is -0.759. The molecule has 10 heteroatoms. The van der Waals surface area contributed by atoms with Gasteiger partial charge in [-0.1, -0.05) is 0 Å². The van der Waals surface area contributed by atoms with Crippen LogP contribution in [0, 0.1) is 0 Å². The minimum Gasteiger partial charge on any atom is -0.370 e. The summed E-state index contributed by atoms with van der Waals surface area (Å²) >= 11 is 0. The molecule has 1 aromatic heterocycles. The molecule has 1 aliphatic rings. The molecule has 2 heterocycles. The van der Waals surface area contributed by atoms with Crippen molar-refractivity contribution in [2.45, 2.75) is 19.9 Å². The summed E-state index contributed by atoms with van der Waals surface area (Å²) in [4.78, 5) is 16.7. The predicted molar refractivity (Wildman–Crippen MR) is 94.4 cm³/mol. The zero-order valence-electron chi connectivity index (χ0n) is 14.1. The van der Waals surface area contributed by atoms with Crippen molar-refractivity contribution < 1.29 is 8.42 Å². The Hall–Kier alpha value is -1.94. The van der Waals surface area contributed by atoms with Gasteiger partial charge in [0.15, 0.2) is 5.96 Å². The third-order valence-corrected chi connectivity index (χ3v) is 5.04. The first-order chi connectivity index (χ1) is 11.4. The summed E-state index contributed by atoms with van der Waals surface area (Å²) in [7, 11) is -3.31. The molecule has 0 aliphatic carbocycles. The lowest BCUT2D eigenvalue weighted by Crippen LogP contribution is -2.51. The molecular formula is C14H25N7O2S. The first-order valence-electron chi connectivity index (χ1n) is 7.94. The highest BCUT2D eigenvalue weighted by Gasteiger charge is 2.20. The summed E-state index contributed by atoms with van der Waals surface area (Å²) in [5, 5.41) is 0. The Labute approximate surface area is 143 Å². The van der Waals surface area contributed by atoms with E-state index in [2.05, 4.69) is 24.6 Å². The number of aromatic nitrogens is 2. The SMILES string of the molecule is CC(C)NS(=O)(=O)CCN=C(N)N1CCN(c2ncccn2)CC1. The molecular weight excluding hydrogens is 330 g/mol. The lowest BCUT2D eigenvalue weighted by molar-refractivity contribution is 0.378. The van der Waals surface area contributed by atoms with Crippen molar-refractivity contribution in [2.24, 2.45) is 10.7 Å². The number of piperazine rings is 1. The van der Waals surface area contributed by atoms with Crippen LogP contribution in [0.2, 0.25) is 0 Å². The summed E-state index contributed by atoms with van der Waals surface area (Å²) < 4.78 is 26.0. The minimum absolute atomic E-state index is 0.0658. The molecule has 1 saturated heterocycles. The summed E-state index contributed by atoms with van der Waals surface area (Å²) in [5.41, 5.74) is 5.97. The molecule has 9 nitrogen and oxygen atoms in total. The van der Waals surface area contributed by atoms with E-state index in [4.69, 9.17) is 5.73 Å². The van der Waals surface area contributed by atoms with Crippen LogP contribution in [0.15, 0.2) is 23.5 Å². The molecule has 134 valence electrons. The fourth-order valence-electron chi connectivity index (χ4n) is 2.39. The maximum atomic E-state index is 11.7. The number of nitrogens with zero attached hydrogens (tertiary/aromatic N) is 5. The van der Waals surface area contributed by atoms with Crippen LogP contribution in [0.5, 0.6) is 0 Å². The molecule has 0 aromatic carbocycles. The summed E-state index contributed by atoms with van der Waals surface area (Å²) in [6, 6.07) is 1.66. The van der Waals surface area contributed by atoms with E-state index in [-0.39, 0.29) is 18.3 Å². The molecule has 24 heavy (non-hydrogen) atoms. The van der Waals surface area contributed by atoms with Gasteiger partial charge in [-0.05, 0) is 19.9 Å². The molecule has 0 saturated carbocycles. The van der Waals surface area contributed by atoms with Crippen LogP contribution in [0.25, 0.3) is 0 Å². The second kappa shape index (κ2) is 8.25. The van der Waals surface area contributed by atoms with Gasteiger partial charge in [0.2, 0.25) is 16.0 Å². The third kappa shape index (κ3) is 5.60. The molecule has 1 aromatic rings. The smallest absolute Gasteiger partial charge is 0.225 e. The van der Waals surface area contributed by atoms with E-state index in [0.717, 1.165) is 13.1 Å². The van der Waals surface area contributed by atoms with Crippen molar-refractivity contribution >= 4 is 21.9 Å². The molecule has 0 spiro atoms. The highest BCUT2D eigenvalue weighted by molar-refractivity contribution is 7.89. The molecule has 3 N–H and O–H groups in total. The lowest BCUT2D eigenvalue weighted by Gasteiger charge is -2.35. The standard InChI is InChI=1S/C14H25N7O2S/c1-12(2)19-24(22,23)11-6-16-13(15)20-7-9-21(10-8-20)14-17-4-3-5-18-14/h3-5,12,19H,6-11H2,1-2H3,(H2,15,16). The van der Waals surface area contributed by atoms with Crippen molar-refractivity contribution in [2.75, 3.05) is 43.4 Å². The molecule has 0 atom stereocenters. The number of anilines is 1. The summed E-state index contributed by atoms with van der Waals surface area (Å²) in [6.07, 6.45) is 3.44. The van der Waals surface area contributed by atoms with Crippen LogP contribution >= 0.6 is 0 Å². The quantitative estimate of drug-likeness (QED) is 0.509. The number of nitrogens with two attached hydrogens (primary N) is 1. The summed E-state index contributed by atoms with van der Waals surface area (Å²) in [6.45, 7) is 6.60. The van der Waals surface area contributed by atoms with Crippen LogP contribution in [-0.4, -0.2) is 73.8 Å². The van der Waals surface area contributed by atoms with Gasteiger partial charge in [-0.3, -0.25) is 4.99 Å². The van der Waals surface area contributed by atoms with Gasteiger partial charge in [-0.2, -0.15) is 0 Å². The van der Waals surface area contributed by atoms with Crippen molar-refractivity contribution in [1.82, 2.24) is 19.6 Å². The van der Waals surface area contributed by atoms with Gasteiger partial charge in [0.1, 0.15) is 0 Å². The molecule has 2 rings (SSSR count). The Balaban J connectivity index is 1.81. The van der Waals surface area contributed by atoms with Gasteiger partial charge in [0.25, 0.3) is 0 Å². The molecule has 0 bridgehead atoms. The number of sulfonamides is 1. The fraction of sp³-hybridized carbons (Fsp3) is 0.643. The fourth-order valence-corrected chi connectivity index (χ4v) is 3.56. The number of hydrogen-bond donors (Lipinski definition) is 2. The highest BCUT2D eigenvalue weighted by atomic mass is 32.2. The Morgan fingerprint density at radius 3 is 2.50 bits per heavy atom. The average Bonchev–Trinajstić information content (AvgIpc) is 2.54. The first kappa shape index (κ1) is 18.4. The second-order valence-corrected chi connectivity index (χ2v) is 7.73. The third-order valence-electron chi connectivity index (χ3n) is 3.49. The van der Waals surface area contributed by atoms with E-state index in [1.54, 1.807) is 32.3 Å². The van der Waals surface area contributed by atoms with E-state index in [0.29, 0.717) is 25.0 Å². The van der Waals surface area contributed by atoms with Crippen LogP contribution in [-0.2, 0) is 10.0 Å². The van der Waals surface area contributed by atoms with Crippen molar-refractivity contribution in [1.29, 1.82) is 0 Å². The second-order valence-electron chi connectivity index (χ2n) is 5.85. The van der Waals surface area contributed by atoms with E-state index in [9.17, 15) is 8.42 Å². The normalized spacial score (nSPS) is 16.7. The Morgan fingerprint density at radius 1 is 1.29 bits per heavy atom. The van der Waals surface area contributed by atoms with Crippen molar-refractivity contribution in [3.63, 3.8) is 0 Å². The van der Waals surface area contributed by atoms with Crippen LogP contribution < -0.4 is 15.4 Å². The van der Waals surface area contributed by atoms with Gasteiger partial charge < -0.3 is 15.5 Å². The summed E-state index contributed by atoms with van der Waals surface area (Å²) in [5.74, 6) is 1.02. The molecule has 0 radical (unpaired) electrons. The Bertz CT molecular complexity index is 640. The largest absolute Gasteiger partial charge is 0.370 e. The van der Waals surface area contributed by atoms with Crippen molar-refractivity contribution in [3.05, 3.63) is 18.5 Å². The monoisotopic (exact) mass is 355 g/mol. The van der Waals surface area contributed by atoms with Gasteiger partial charge >= 0.3 is 0 Å². The van der Waals surface area contributed by atoms with E-state index in [1.165, 1.54) is 0 Å². The number of guanidine groups is 1. The van der Waals surface area contributed by atoms with E-state index in [1.807, 2.05) is 4.90 Å². The number of nitrogens with one attached hydrogen (secondary N) is 1. The molecule has 0 unspecified atom stereocenters. The van der Waals surface area contributed by atoms with E-state index < -0.39 is 10.0 Å². The average molecular weight is 355 g/mol. The highest BCUT2D eigenvalue weighted by Crippen LogP contribution is 2.09. The number of aliphatic imine (C=N–C) groups is 1. The van der Waals surface area contributed by atoms with Gasteiger partial charge in [-0.25, -0.2) is 23.1 Å². The molecule has 0 amide bonds. The minimum atomic E-state index is -3.31. The number of rotatable bonds is 6. The Kier molecular flexibility index (Phi) is 6.32. The Morgan fingerprint density at radius 2 is 1.92 bits per heavy atom. The number of hydrogen-bond acceptors (Lipinski definition) is 6. The van der Waals surface area contributed by atoms with E-state index >= 15 is 0 Å². The maximum Gasteiger partial charge on any atom is 0.225 e. The van der Waals surface area contributed by atoms with Crippen molar-refractivity contribution in [3.8, 4) is 0 Å². The first-order valence-corrected chi connectivity index (χ1v) is 9.59. The maximum absolute atomic E-state index is 11.7. The van der Waals surface area contributed by atoms with Gasteiger partial charge in [-0.15, -0.1) is 0 Å². The molecule has 1 fully saturated rings. The zero-order chi connectivity index (χ0) is 17.6. The van der Waals surface area contributed by atoms with Gasteiger partial charge in [0.05, 0.1) is 12.3 Å². The van der Waals surface area contributed by atoms with Crippen LogP contribution in [0.1, 0.15) is 13.8 Å².